The van der Waals surface area contributed by atoms with Gasteiger partial charge in [-0.15, -0.1) is 0 Å². The number of hydrogen-bond donors (Lipinski definition) is 0. The van der Waals surface area contributed by atoms with E-state index in [4.69, 9.17) is 9.47 Å². The first-order valence-electron chi connectivity index (χ1n) is 5.66. The van der Waals surface area contributed by atoms with Gasteiger partial charge < -0.3 is 9.47 Å². The van der Waals surface area contributed by atoms with Crippen molar-refractivity contribution >= 4 is 26.7 Å². The van der Waals surface area contributed by atoms with Crippen LogP contribution in [0.25, 0.3) is 10.8 Å². The molecule has 0 aromatic heterocycles. The lowest BCUT2D eigenvalue weighted by atomic mass is 10.0. The molecular weight excluding hydrogens is 280 g/mol. The quantitative estimate of drug-likeness (QED) is 0.795. The van der Waals surface area contributed by atoms with Crippen LogP contribution >= 0.6 is 15.9 Å². The van der Waals surface area contributed by atoms with Crippen LogP contribution in [0.3, 0.4) is 0 Å². The molecule has 0 N–H and O–H groups in total. The van der Waals surface area contributed by atoms with E-state index in [2.05, 4.69) is 40.2 Å². The molecule has 1 saturated heterocycles. The van der Waals surface area contributed by atoms with Crippen molar-refractivity contribution < 1.29 is 9.47 Å². The predicted octanol–water partition coefficient (Wildman–Crippen LogP) is 3.82. The van der Waals surface area contributed by atoms with Gasteiger partial charge in [0.1, 0.15) is 0 Å². The van der Waals surface area contributed by atoms with Gasteiger partial charge in [-0.1, -0.05) is 36.4 Å². The normalized spacial score (nSPS) is 18.7. The highest BCUT2D eigenvalue weighted by atomic mass is 79.9. The van der Waals surface area contributed by atoms with Crippen LogP contribution in [0.4, 0.5) is 0 Å². The molecular formula is C14H13BrO2. The smallest absolute Gasteiger partial charge is 0.193 e. The summed E-state index contributed by atoms with van der Waals surface area (Å²) < 4.78 is 12.5. The summed E-state index contributed by atoms with van der Waals surface area (Å²) in [5.74, 6) is -0.622. The Labute approximate surface area is 109 Å². The van der Waals surface area contributed by atoms with E-state index in [0.29, 0.717) is 13.2 Å². The third-order valence-corrected chi connectivity index (χ3v) is 4.05. The number of benzene rings is 2. The van der Waals surface area contributed by atoms with Gasteiger partial charge in [-0.2, -0.15) is 0 Å². The molecule has 17 heavy (non-hydrogen) atoms. The fourth-order valence-electron chi connectivity index (χ4n) is 2.25. The molecule has 88 valence electrons. The molecule has 1 fully saturated rings. The maximum absolute atomic E-state index is 5.70. The summed E-state index contributed by atoms with van der Waals surface area (Å²) in [6.45, 7) is 3.26. The Morgan fingerprint density at radius 2 is 1.76 bits per heavy atom. The standard InChI is InChI=1S/C14H13BrO2/c1-14(16-8-9-17-14)12-7-6-10-4-2-3-5-11(10)13(12)15/h2-7H,8-9H2,1H3. The zero-order valence-electron chi connectivity index (χ0n) is 9.57. The Balaban J connectivity index is 2.21. The summed E-state index contributed by atoms with van der Waals surface area (Å²) in [5, 5.41) is 2.40. The highest BCUT2D eigenvalue weighted by Crippen LogP contribution is 2.38. The average Bonchev–Trinajstić information content (AvgIpc) is 2.78. The van der Waals surface area contributed by atoms with E-state index >= 15 is 0 Å². The van der Waals surface area contributed by atoms with E-state index < -0.39 is 5.79 Å². The number of rotatable bonds is 1. The minimum Gasteiger partial charge on any atom is -0.344 e. The van der Waals surface area contributed by atoms with Gasteiger partial charge in [0.15, 0.2) is 5.79 Å². The molecule has 2 aromatic carbocycles. The molecule has 0 amide bonds. The van der Waals surface area contributed by atoms with Gasteiger partial charge in [0.2, 0.25) is 0 Å². The van der Waals surface area contributed by atoms with Gasteiger partial charge in [-0.3, -0.25) is 0 Å². The van der Waals surface area contributed by atoms with Crippen molar-refractivity contribution in [1.29, 1.82) is 0 Å². The molecule has 1 aliphatic rings. The van der Waals surface area contributed by atoms with Crippen LogP contribution in [0.5, 0.6) is 0 Å². The molecule has 2 aromatic rings. The Hall–Kier alpha value is -0.900. The lowest BCUT2D eigenvalue weighted by molar-refractivity contribution is -0.150. The topological polar surface area (TPSA) is 18.5 Å². The van der Waals surface area contributed by atoms with Crippen molar-refractivity contribution in [3.05, 3.63) is 46.4 Å². The van der Waals surface area contributed by atoms with Gasteiger partial charge in [-0.05, 0) is 33.6 Å². The summed E-state index contributed by atoms with van der Waals surface area (Å²) >= 11 is 3.67. The summed E-state index contributed by atoms with van der Waals surface area (Å²) in [5.41, 5.74) is 1.05. The zero-order chi connectivity index (χ0) is 11.9. The van der Waals surface area contributed by atoms with Crippen molar-refractivity contribution in [2.75, 3.05) is 13.2 Å². The monoisotopic (exact) mass is 292 g/mol. The predicted molar refractivity (Wildman–Crippen MR) is 70.9 cm³/mol. The van der Waals surface area contributed by atoms with Crippen LogP contribution in [0.2, 0.25) is 0 Å². The van der Waals surface area contributed by atoms with Crippen molar-refractivity contribution in [3.63, 3.8) is 0 Å². The number of halogens is 1. The highest BCUT2D eigenvalue weighted by Gasteiger charge is 2.35. The van der Waals surface area contributed by atoms with E-state index in [-0.39, 0.29) is 0 Å². The minimum atomic E-state index is -0.622. The largest absolute Gasteiger partial charge is 0.344 e. The van der Waals surface area contributed by atoms with Gasteiger partial charge in [0, 0.05) is 10.0 Å². The Morgan fingerprint density at radius 1 is 1.06 bits per heavy atom. The molecule has 0 radical (unpaired) electrons. The summed E-state index contributed by atoms with van der Waals surface area (Å²) in [6.07, 6.45) is 0. The van der Waals surface area contributed by atoms with Crippen LogP contribution in [0.15, 0.2) is 40.9 Å². The lowest BCUT2D eigenvalue weighted by Gasteiger charge is -2.24. The second kappa shape index (κ2) is 4.09. The molecule has 0 bridgehead atoms. The minimum absolute atomic E-state index is 0.622. The maximum Gasteiger partial charge on any atom is 0.193 e. The number of ether oxygens (including phenoxy) is 2. The Bertz CT molecular complexity index is 559. The highest BCUT2D eigenvalue weighted by molar-refractivity contribution is 9.10. The van der Waals surface area contributed by atoms with Gasteiger partial charge in [0.05, 0.1) is 13.2 Å². The fourth-order valence-corrected chi connectivity index (χ4v) is 3.11. The molecule has 1 heterocycles. The van der Waals surface area contributed by atoms with Crippen LogP contribution in [0, 0.1) is 0 Å². The van der Waals surface area contributed by atoms with Gasteiger partial charge in [-0.25, -0.2) is 0 Å². The van der Waals surface area contributed by atoms with Crippen LogP contribution in [-0.2, 0) is 15.3 Å². The molecule has 1 aliphatic heterocycles. The maximum atomic E-state index is 5.70. The first-order chi connectivity index (χ1) is 8.21. The molecule has 0 aliphatic carbocycles. The number of fused-ring (bicyclic) bond motifs is 1. The molecule has 0 spiro atoms. The van der Waals surface area contributed by atoms with Crippen molar-refractivity contribution in [1.82, 2.24) is 0 Å². The molecule has 0 unspecified atom stereocenters. The Morgan fingerprint density at radius 3 is 2.53 bits per heavy atom. The molecule has 0 atom stereocenters. The SMILES string of the molecule is CC1(c2ccc3ccccc3c2Br)OCCO1. The first kappa shape index (κ1) is 11.2. The second-order valence-electron chi connectivity index (χ2n) is 4.29. The van der Waals surface area contributed by atoms with Crippen molar-refractivity contribution in [2.45, 2.75) is 12.7 Å². The van der Waals surface area contributed by atoms with Crippen LogP contribution in [-0.4, -0.2) is 13.2 Å². The summed E-state index contributed by atoms with van der Waals surface area (Å²) in [4.78, 5) is 0. The molecule has 0 saturated carbocycles. The summed E-state index contributed by atoms with van der Waals surface area (Å²) in [6, 6.07) is 12.4. The lowest BCUT2D eigenvalue weighted by Crippen LogP contribution is -2.22. The van der Waals surface area contributed by atoms with E-state index in [0.717, 1.165) is 10.0 Å². The van der Waals surface area contributed by atoms with E-state index in [1.54, 1.807) is 0 Å². The van der Waals surface area contributed by atoms with Crippen molar-refractivity contribution in [3.8, 4) is 0 Å². The number of hydrogen-bond acceptors (Lipinski definition) is 2. The van der Waals surface area contributed by atoms with Crippen LogP contribution in [0.1, 0.15) is 12.5 Å². The van der Waals surface area contributed by atoms with Gasteiger partial charge >= 0.3 is 0 Å². The third kappa shape index (κ3) is 1.79. The van der Waals surface area contributed by atoms with Gasteiger partial charge in [0.25, 0.3) is 0 Å². The molecule has 2 nitrogen and oxygen atoms in total. The second-order valence-corrected chi connectivity index (χ2v) is 5.08. The van der Waals surface area contributed by atoms with Crippen LogP contribution < -0.4 is 0 Å². The average molecular weight is 293 g/mol. The first-order valence-corrected chi connectivity index (χ1v) is 6.46. The Kier molecular flexibility index (Phi) is 2.69. The fraction of sp³-hybridized carbons (Fsp3) is 0.286. The zero-order valence-corrected chi connectivity index (χ0v) is 11.2. The van der Waals surface area contributed by atoms with E-state index in [1.165, 1.54) is 10.8 Å². The molecule has 3 heteroatoms. The van der Waals surface area contributed by atoms with E-state index in [9.17, 15) is 0 Å². The van der Waals surface area contributed by atoms with Crippen molar-refractivity contribution in [2.24, 2.45) is 0 Å². The summed E-state index contributed by atoms with van der Waals surface area (Å²) in [7, 11) is 0. The molecule has 3 rings (SSSR count). The third-order valence-electron chi connectivity index (χ3n) is 3.19. The van der Waals surface area contributed by atoms with E-state index in [1.807, 2.05) is 19.1 Å².